The molecule has 0 bridgehead atoms. The van der Waals surface area contributed by atoms with Gasteiger partial charge in [0, 0.05) is 43.6 Å². The van der Waals surface area contributed by atoms with Gasteiger partial charge in [-0.1, -0.05) is 32.0 Å². The number of benzene rings is 1. The number of anilines is 1. The fourth-order valence-corrected chi connectivity index (χ4v) is 3.71. The van der Waals surface area contributed by atoms with Gasteiger partial charge in [-0.25, -0.2) is 0 Å². The lowest BCUT2D eigenvalue weighted by Gasteiger charge is -2.33. The predicted molar refractivity (Wildman–Crippen MR) is 86.8 cm³/mol. The maximum Gasteiger partial charge on any atom is 0.230 e. The summed E-state index contributed by atoms with van der Waals surface area (Å²) in [5, 5.41) is 0. The van der Waals surface area contributed by atoms with Gasteiger partial charge in [-0.3, -0.25) is 9.59 Å². The number of hydrogen-bond acceptors (Lipinski definition) is 2. The number of carbonyl (C=O) groups is 2. The van der Waals surface area contributed by atoms with Crippen molar-refractivity contribution in [2.24, 2.45) is 5.92 Å². The van der Waals surface area contributed by atoms with Crippen molar-refractivity contribution in [3.8, 4) is 0 Å². The molecule has 0 unspecified atom stereocenters. The van der Waals surface area contributed by atoms with Gasteiger partial charge in [-0.15, -0.1) is 0 Å². The van der Waals surface area contributed by atoms with Crippen molar-refractivity contribution in [1.29, 1.82) is 0 Å². The lowest BCUT2D eigenvalue weighted by molar-refractivity contribution is -0.133. The van der Waals surface area contributed by atoms with Gasteiger partial charge in [-0.05, 0) is 24.5 Å². The van der Waals surface area contributed by atoms with Crippen LogP contribution in [0, 0.1) is 5.92 Å². The minimum absolute atomic E-state index is 0.00629. The molecule has 1 aromatic carbocycles. The number of fused-ring (bicyclic) bond motifs is 1. The third-order valence-electron chi connectivity index (χ3n) is 5.03. The summed E-state index contributed by atoms with van der Waals surface area (Å²) < 4.78 is 0. The summed E-state index contributed by atoms with van der Waals surface area (Å²) in [6, 6.07) is 8.21. The molecule has 0 atom stereocenters. The van der Waals surface area contributed by atoms with Gasteiger partial charge in [0.25, 0.3) is 0 Å². The van der Waals surface area contributed by atoms with E-state index in [0.717, 1.165) is 25.1 Å². The molecule has 4 nitrogen and oxygen atoms in total. The van der Waals surface area contributed by atoms with Crippen molar-refractivity contribution in [2.45, 2.75) is 39.0 Å². The van der Waals surface area contributed by atoms with Crippen molar-refractivity contribution >= 4 is 17.5 Å². The fraction of sp³-hybridized carbons (Fsp3) is 0.556. The number of likely N-dealkylation sites (tertiary alicyclic amines) is 1. The summed E-state index contributed by atoms with van der Waals surface area (Å²) in [6.45, 7) is 8.13. The largest absolute Gasteiger partial charge is 0.343 e. The molecule has 2 aliphatic heterocycles. The monoisotopic (exact) mass is 300 g/mol. The van der Waals surface area contributed by atoms with Crippen molar-refractivity contribution in [2.75, 3.05) is 24.5 Å². The van der Waals surface area contributed by atoms with Gasteiger partial charge in [0.2, 0.25) is 11.8 Å². The Morgan fingerprint density at radius 1 is 1.14 bits per heavy atom. The Balaban J connectivity index is 1.76. The van der Waals surface area contributed by atoms with E-state index >= 15 is 0 Å². The van der Waals surface area contributed by atoms with E-state index in [1.54, 1.807) is 6.92 Å². The maximum atomic E-state index is 12.9. The van der Waals surface area contributed by atoms with Crippen molar-refractivity contribution in [1.82, 2.24) is 4.90 Å². The second kappa shape index (κ2) is 5.41. The highest BCUT2D eigenvalue weighted by Crippen LogP contribution is 2.41. The lowest BCUT2D eigenvalue weighted by atomic mass is 9.87. The van der Waals surface area contributed by atoms with Gasteiger partial charge in [0.05, 0.1) is 0 Å². The molecule has 1 fully saturated rings. The summed E-state index contributed by atoms with van der Waals surface area (Å²) in [5.41, 5.74) is 2.32. The smallest absolute Gasteiger partial charge is 0.230 e. The number of carbonyl (C=O) groups excluding carboxylic acids is 2. The molecule has 1 saturated heterocycles. The SMILES string of the molecule is CC(=O)N1CCC(C(=O)N2CC(C)(C)c3ccccc32)CC1. The lowest BCUT2D eigenvalue weighted by Crippen LogP contribution is -2.44. The van der Waals surface area contributed by atoms with E-state index in [1.165, 1.54) is 5.56 Å². The molecule has 0 spiro atoms. The second-order valence-electron chi connectivity index (χ2n) is 7.11. The Morgan fingerprint density at radius 2 is 1.77 bits per heavy atom. The van der Waals surface area contributed by atoms with Crippen LogP contribution < -0.4 is 4.90 Å². The first-order valence-electron chi connectivity index (χ1n) is 8.06. The van der Waals surface area contributed by atoms with Crippen LogP contribution in [0.4, 0.5) is 5.69 Å². The normalized spacial score (nSPS) is 20.9. The number of rotatable bonds is 1. The number of piperidine rings is 1. The number of para-hydroxylation sites is 1. The molecule has 0 saturated carbocycles. The molecular formula is C18H24N2O2. The van der Waals surface area contributed by atoms with Gasteiger partial charge in [0.15, 0.2) is 0 Å². The second-order valence-corrected chi connectivity index (χ2v) is 7.11. The zero-order valence-electron chi connectivity index (χ0n) is 13.6. The van der Waals surface area contributed by atoms with Crippen LogP contribution in [-0.2, 0) is 15.0 Å². The van der Waals surface area contributed by atoms with Gasteiger partial charge in [0.1, 0.15) is 0 Å². The van der Waals surface area contributed by atoms with Crippen molar-refractivity contribution < 1.29 is 9.59 Å². The predicted octanol–water partition coefficient (Wildman–Crippen LogP) is 2.57. The van der Waals surface area contributed by atoms with Crippen molar-refractivity contribution in [3.63, 3.8) is 0 Å². The first kappa shape index (κ1) is 15.1. The van der Waals surface area contributed by atoms with E-state index in [1.807, 2.05) is 28.0 Å². The highest BCUT2D eigenvalue weighted by atomic mass is 16.2. The summed E-state index contributed by atoms with van der Waals surface area (Å²) in [4.78, 5) is 28.2. The van der Waals surface area contributed by atoms with Crippen LogP contribution in [0.1, 0.15) is 39.2 Å². The van der Waals surface area contributed by atoms with Crippen LogP contribution in [0.3, 0.4) is 0 Å². The quantitative estimate of drug-likeness (QED) is 0.800. The highest BCUT2D eigenvalue weighted by molar-refractivity contribution is 5.98. The zero-order chi connectivity index (χ0) is 15.9. The molecule has 2 heterocycles. The van der Waals surface area contributed by atoms with E-state index in [4.69, 9.17) is 0 Å². The summed E-state index contributed by atoms with van der Waals surface area (Å²) in [6.07, 6.45) is 1.55. The Kier molecular flexibility index (Phi) is 3.71. The van der Waals surface area contributed by atoms with E-state index < -0.39 is 0 Å². The Hall–Kier alpha value is -1.84. The summed E-state index contributed by atoms with van der Waals surface area (Å²) in [5.74, 6) is 0.373. The molecule has 4 heteroatoms. The summed E-state index contributed by atoms with van der Waals surface area (Å²) >= 11 is 0. The fourth-order valence-electron chi connectivity index (χ4n) is 3.71. The molecule has 1 aromatic rings. The van der Waals surface area contributed by atoms with E-state index in [0.29, 0.717) is 13.1 Å². The minimum Gasteiger partial charge on any atom is -0.343 e. The van der Waals surface area contributed by atoms with E-state index in [-0.39, 0.29) is 23.1 Å². The van der Waals surface area contributed by atoms with Crippen LogP contribution in [0.25, 0.3) is 0 Å². The number of hydrogen-bond donors (Lipinski definition) is 0. The number of nitrogens with zero attached hydrogens (tertiary/aromatic N) is 2. The summed E-state index contributed by atoms with van der Waals surface area (Å²) in [7, 11) is 0. The molecular weight excluding hydrogens is 276 g/mol. The van der Waals surface area contributed by atoms with Crippen LogP contribution in [0.2, 0.25) is 0 Å². The van der Waals surface area contributed by atoms with Gasteiger partial charge < -0.3 is 9.80 Å². The average Bonchev–Trinajstić information content (AvgIpc) is 2.79. The van der Waals surface area contributed by atoms with E-state index in [2.05, 4.69) is 19.9 Å². The van der Waals surface area contributed by atoms with Crippen LogP contribution in [-0.4, -0.2) is 36.3 Å². The standard InChI is InChI=1S/C18H24N2O2/c1-13(21)19-10-8-14(9-11-19)17(22)20-12-18(2,3)15-6-4-5-7-16(15)20/h4-7,14H,8-12H2,1-3H3. The zero-order valence-corrected chi connectivity index (χ0v) is 13.6. The van der Waals surface area contributed by atoms with Gasteiger partial charge >= 0.3 is 0 Å². The molecule has 0 N–H and O–H groups in total. The molecule has 118 valence electrons. The maximum absolute atomic E-state index is 12.9. The van der Waals surface area contributed by atoms with Crippen LogP contribution in [0.15, 0.2) is 24.3 Å². The van der Waals surface area contributed by atoms with Crippen LogP contribution >= 0.6 is 0 Å². The molecule has 2 aliphatic rings. The third kappa shape index (κ3) is 2.51. The Morgan fingerprint density at radius 3 is 2.41 bits per heavy atom. The highest BCUT2D eigenvalue weighted by Gasteiger charge is 2.40. The molecule has 22 heavy (non-hydrogen) atoms. The minimum atomic E-state index is 0.00629. The average molecular weight is 300 g/mol. The molecule has 0 aromatic heterocycles. The first-order valence-corrected chi connectivity index (χ1v) is 8.06. The third-order valence-corrected chi connectivity index (χ3v) is 5.03. The van der Waals surface area contributed by atoms with Crippen LogP contribution in [0.5, 0.6) is 0 Å². The Labute approximate surface area is 132 Å². The van der Waals surface area contributed by atoms with Crippen molar-refractivity contribution in [3.05, 3.63) is 29.8 Å². The van der Waals surface area contributed by atoms with Gasteiger partial charge in [-0.2, -0.15) is 0 Å². The topological polar surface area (TPSA) is 40.6 Å². The number of amides is 2. The molecule has 0 radical (unpaired) electrons. The molecule has 3 rings (SSSR count). The first-order chi connectivity index (χ1) is 10.4. The molecule has 0 aliphatic carbocycles. The Bertz CT molecular complexity index is 601. The van der Waals surface area contributed by atoms with E-state index in [9.17, 15) is 9.59 Å². The molecule has 2 amide bonds.